The van der Waals surface area contributed by atoms with Crippen molar-refractivity contribution in [1.29, 1.82) is 0 Å². The fourth-order valence-electron chi connectivity index (χ4n) is 3.04. The van der Waals surface area contributed by atoms with E-state index in [1.165, 1.54) is 16.9 Å². The highest BCUT2D eigenvalue weighted by atomic mass is 32.1. The maximum absolute atomic E-state index is 12.2. The highest BCUT2D eigenvalue weighted by Gasteiger charge is 2.31. The maximum Gasteiger partial charge on any atom is 0.261 e. The van der Waals surface area contributed by atoms with E-state index < -0.39 is 0 Å². The van der Waals surface area contributed by atoms with Gasteiger partial charge in [-0.3, -0.25) is 9.69 Å². The van der Waals surface area contributed by atoms with Gasteiger partial charge >= 0.3 is 0 Å². The Morgan fingerprint density at radius 2 is 2.09 bits per heavy atom. The number of hydrogen-bond donors (Lipinski definition) is 2. The molecule has 3 rings (SSSR count). The van der Waals surface area contributed by atoms with Gasteiger partial charge in [-0.25, -0.2) is 0 Å². The Morgan fingerprint density at radius 1 is 1.30 bits per heavy atom. The van der Waals surface area contributed by atoms with Gasteiger partial charge in [0.1, 0.15) is 0 Å². The molecule has 1 aromatic carbocycles. The van der Waals surface area contributed by atoms with Gasteiger partial charge in [0, 0.05) is 30.6 Å². The number of aliphatic hydroxyl groups excluding tert-OH is 1. The summed E-state index contributed by atoms with van der Waals surface area (Å²) in [4.78, 5) is 16.3. The fraction of sp³-hybridized carbons (Fsp3) is 0.389. The smallest absolute Gasteiger partial charge is 0.261 e. The quantitative estimate of drug-likeness (QED) is 0.885. The Bertz CT molecular complexity index is 656. The van der Waals surface area contributed by atoms with Crippen LogP contribution in [0.3, 0.4) is 0 Å². The van der Waals surface area contributed by atoms with Gasteiger partial charge in [-0.15, -0.1) is 11.3 Å². The third-order valence-corrected chi connectivity index (χ3v) is 5.20. The van der Waals surface area contributed by atoms with Crippen molar-refractivity contribution in [3.05, 3.63) is 57.8 Å². The van der Waals surface area contributed by atoms with E-state index in [1.54, 1.807) is 0 Å². The predicted molar refractivity (Wildman–Crippen MR) is 92.7 cm³/mol. The number of rotatable bonds is 5. The Labute approximate surface area is 140 Å². The van der Waals surface area contributed by atoms with Crippen molar-refractivity contribution in [1.82, 2.24) is 10.2 Å². The zero-order valence-electron chi connectivity index (χ0n) is 13.2. The number of amides is 1. The molecule has 0 radical (unpaired) electrons. The van der Waals surface area contributed by atoms with Gasteiger partial charge in [0.2, 0.25) is 0 Å². The molecule has 2 N–H and O–H groups in total. The number of carbonyl (C=O) groups is 1. The summed E-state index contributed by atoms with van der Waals surface area (Å²) in [5.74, 6) is -0.0239. The number of β-amino-alcohol motifs (C(OH)–C–C–N with tert-alkyl or cyclic N) is 1. The molecule has 1 saturated heterocycles. The SMILES string of the molecule is Cc1ccc(C(=O)NCC2CC(O)CN2Cc2ccccc2)s1. The molecule has 1 fully saturated rings. The van der Waals surface area contributed by atoms with E-state index in [1.807, 2.05) is 37.3 Å². The monoisotopic (exact) mass is 330 g/mol. The molecule has 2 heterocycles. The molecule has 2 unspecified atom stereocenters. The van der Waals surface area contributed by atoms with Crippen molar-refractivity contribution in [2.45, 2.75) is 32.0 Å². The minimum atomic E-state index is -0.315. The standard InChI is InChI=1S/C18H22N2O2S/c1-13-7-8-17(23-13)18(22)19-10-15-9-16(21)12-20(15)11-14-5-3-2-4-6-14/h2-8,15-16,21H,9-12H2,1H3,(H,19,22). The van der Waals surface area contributed by atoms with Crippen molar-refractivity contribution in [3.63, 3.8) is 0 Å². The highest BCUT2D eigenvalue weighted by molar-refractivity contribution is 7.13. The highest BCUT2D eigenvalue weighted by Crippen LogP contribution is 2.21. The number of nitrogens with zero attached hydrogens (tertiary/aromatic N) is 1. The number of thiophene rings is 1. The molecule has 4 nitrogen and oxygen atoms in total. The van der Waals surface area contributed by atoms with E-state index in [4.69, 9.17) is 0 Å². The summed E-state index contributed by atoms with van der Waals surface area (Å²) < 4.78 is 0. The van der Waals surface area contributed by atoms with Gasteiger partial charge in [0.25, 0.3) is 5.91 Å². The number of aliphatic hydroxyl groups is 1. The molecular formula is C18H22N2O2S. The largest absolute Gasteiger partial charge is 0.392 e. The number of nitrogens with one attached hydrogen (secondary N) is 1. The van der Waals surface area contributed by atoms with Crippen LogP contribution in [0.1, 0.15) is 26.5 Å². The van der Waals surface area contributed by atoms with E-state index in [-0.39, 0.29) is 18.1 Å². The first-order chi connectivity index (χ1) is 11.1. The van der Waals surface area contributed by atoms with Crippen LogP contribution in [0.2, 0.25) is 0 Å². The molecule has 5 heteroatoms. The molecule has 2 aromatic rings. The van der Waals surface area contributed by atoms with Crippen LogP contribution in [0.5, 0.6) is 0 Å². The van der Waals surface area contributed by atoms with Gasteiger partial charge in [-0.2, -0.15) is 0 Å². The van der Waals surface area contributed by atoms with Gasteiger partial charge < -0.3 is 10.4 Å². The van der Waals surface area contributed by atoms with E-state index in [0.717, 1.165) is 16.3 Å². The fourth-order valence-corrected chi connectivity index (χ4v) is 3.82. The normalized spacial score (nSPS) is 21.5. The Morgan fingerprint density at radius 3 is 2.78 bits per heavy atom. The minimum Gasteiger partial charge on any atom is -0.392 e. The molecule has 23 heavy (non-hydrogen) atoms. The van der Waals surface area contributed by atoms with Crippen molar-refractivity contribution in [2.24, 2.45) is 0 Å². The molecular weight excluding hydrogens is 308 g/mol. The summed E-state index contributed by atoms with van der Waals surface area (Å²) in [6.07, 6.45) is 0.390. The topological polar surface area (TPSA) is 52.6 Å². The summed E-state index contributed by atoms with van der Waals surface area (Å²) in [5, 5.41) is 13.0. The first-order valence-corrected chi connectivity index (χ1v) is 8.74. The lowest BCUT2D eigenvalue weighted by molar-refractivity contribution is 0.0944. The summed E-state index contributed by atoms with van der Waals surface area (Å²) >= 11 is 1.51. The molecule has 0 saturated carbocycles. The second-order valence-corrected chi connectivity index (χ2v) is 7.37. The summed E-state index contributed by atoms with van der Waals surface area (Å²) in [6, 6.07) is 14.2. The number of likely N-dealkylation sites (tertiary alicyclic amines) is 1. The van der Waals surface area contributed by atoms with Gasteiger partial charge in [0.05, 0.1) is 11.0 Å². The Hall–Kier alpha value is -1.69. The van der Waals surface area contributed by atoms with Crippen molar-refractivity contribution >= 4 is 17.2 Å². The molecule has 1 aliphatic rings. The first-order valence-electron chi connectivity index (χ1n) is 7.92. The first kappa shape index (κ1) is 16.2. The summed E-state index contributed by atoms with van der Waals surface area (Å²) in [7, 11) is 0. The lowest BCUT2D eigenvalue weighted by atomic mass is 10.1. The molecule has 1 aliphatic heterocycles. The molecule has 2 atom stereocenters. The molecule has 0 spiro atoms. The van der Waals surface area contributed by atoms with E-state index in [0.29, 0.717) is 19.5 Å². The van der Waals surface area contributed by atoms with Crippen molar-refractivity contribution in [2.75, 3.05) is 13.1 Å². The zero-order valence-corrected chi connectivity index (χ0v) is 14.1. The van der Waals surface area contributed by atoms with Gasteiger partial charge in [-0.05, 0) is 31.0 Å². The van der Waals surface area contributed by atoms with Gasteiger partial charge in [0.15, 0.2) is 0 Å². The average molecular weight is 330 g/mol. The minimum absolute atomic E-state index is 0.0239. The number of carbonyl (C=O) groups excluding carboxylic acids is 1. The van der Waals surface area contributed by atoms with Crippen LogP contribution in [0, 0.1) is 6.92 Å². The van der Waals surface area contributed by atoms with E-state index in [2.05, 4.69) is 22.3 Å². The van der Waals surface area contributed by atoms with Crippen LogP contribution < -0.4 is 5.32 Å². The van der Waals surface area contributed by atoms with Crippen LogP contribution >= 0.6 is 11.3 Å². The third kappa shape index (κ3) is 4.19. The number of hydrogen-bond acceptors (Lipinski definition) is 4. The van der Waals surface area contributed by atoms with E-state index >= 15 is 0 Å². The lowest BCUT2D eigenvalue weighted by Crippen LogP contribution is -2.39. The lowest BCUT2D eigenvalue weighted by Gasteiger charge is -2.24. The summed E-state index contributed by atoms with van der Waals surface area (Å²) in [5.41, 5.74) is 1.23. The maximum atomic E-state index is 12.2. The predicted octanol–water partition coefficient (Wildman–Crippen LogP) is 2.42. The molecule has 0 aliphatic carbocycles. The Kier molecular flexibility index (Phi) is 5.10. The van der Waals surface area contributed by atoms with Crippen molar-refractivity contribution in [3.8, 4) is 0 Å². The van der Waals surface area contributed by atoms with Crippen molar-refractivity contribution < 1.29 is 9.90 Å². The molecule has 1 aromatic heterocycles. The van der Waals surface area contributed by atoms with Crippen LogP contribution in [-0.2, 0) is 6.54 Å². The molecule has 122 valence electrons. The number of benzene rings is 1. The van der Waals surface area contributed by atoms with Crippen LogP contribution in [0.15, 0.2) is 42.5 Å². The second-order valence-electron chi connectivity index (χ2n) is 6.08. The molecule has 1 amide bonds. The van der Waals surface area contributed by atoms with E-state index in [9.17, 15) is 9.90 Å². The number of aryl methyl sites for hydroxylation is 1. The Balaban J connectivity index is 1.58. The third-order valence-electron chi connectivity index (χ3n) is 4.20. The summed E-state index contributed by atoms with van der Waals surface area (Å²) in [6.45, 7) is 4.03. The van der Waals surface area contributed by atoms with Crippen LogP contribution in [-0.4, -0.2) is 41.1 Å². The second kappa shape index (κ2) is 7.25. The van der Waals surface area contributed by atoms with Crippen LogP contribution in [0.25, 0.3) is 0 Å². The zero-order chi connectivity index (χ0) is 16.2. The molecule has 0 bridgehead atoms. The average Bonchev–Trinajstić information content (AvgIpc) is 3.12. The van der Waals surface area contributed by atoms with Crippen LogP contribution in [0.4, 0.5) is 0 Å². The van der Waals surface area contributed by atoms with Gasteiger partial charge in [-0.1, -0.05) is 30.3 Å².